The van der Waals surface area contributed by atoms with Crippen LogP contribution in [0, 0.1) is 0 Å². The van der Waals surface area contributed by atoms with Gasteiger partial charge in [-0.3, -0.25) is 4.79 Å². The van der Waals surface area contributed by atoms with E-state index in [1.165, 1.54) is 44.9 Å². The molecule has 0 unspecified atom stereocenters. The molecular weight excluding hydrogens is 260 g/mol. The molecule has 21 heavy (non-hydrogen) atoms. The fourth-order valence-electron chi connectivity index (χ4n) is 2.61. The minimum Gasteiger partial charge on any atom is -0.496 e. The fraction of sp³-hybridized carbons (Fsp3) is 0.632. The summed E-state index contributed by atoms with van der Waals surface area (Å²) in [6.45, 7) is 2.25. The van der Waals surface area contributed by atoms with Crippen molar-refractivity contribution in [2.24, 2.45) is 0 Å². The van der Waals surface area contributed by atoms with Crippen LogP contribution >= 0.6 is 0 Å². The smallest absolute Gasteiger partial charge is 0.166 e. The van der Waals surface area contributed by atoms with E-state index in [2.05, 4.69) is 6.92 Å². The molecule has 0 heterocycles. The van der Waals surface area contributed by atoms with E-state index >= 15 is 0 Å². The maximum absolute atomic E-state index is 12.2. The van der Waals surface area contributed by atoms with E-state index in [1.807, 2.05) is 24.3 Å². The van der Waals surface area contributed by atoms with Crippen LogP contribution in [0.25, 0.3) is 0 Å². The molecule has 0 aliphatic rings. The maximum atomic E-state index is 12.2. The van der Waals surface area contributed by atoms with Gasteiger partial charge in [-0.2, -0.15) is 0 Å². The Morgan fingerprint density at radius 3 is 2.10 bits per heavy atom. The summed E-state index contributed by atoms with van der Waals surface area (Å²) in [7, 11) is 1.62. The highest BCUT2D eigenvalue weighted by molar-refractivity contribution is 5.98. The van der Waals surface area contributed by atoms with E-state index in [0.29, 0.717) is 12.2 Å². The van der Waals surface area contributed by atoms with Gasteiger partial charge in [-0.05, 0) is 18.6 Å². The van der Waals surface area contributed by atoms with Crippen LogP contribution in [0.15, 0.2) is 24.3 Å². The largest absolute Gasteiger partial charge is 0.496 e. The van der Waals surface area contributed by atoms with E-state index in [0.717, 1.165) is 18.4 Å². The summed E-state index contributed by atoms with van der Waals surface area (Å²) in [6.07, 6.45) is 12.1. The predicted octanol–water partition coefficient (Wildman–Crippen LogP) is 5.80. The maximum Gasteiger partial charge on any atom is 0.166 e. The lowest BCUT2D eigenvalue weighted by Crippen LogP contribution is -2.01. The van der Waals surface area contributed by atoms with Crippen molar-refractivity contribution in [1.82, 2.24) is 0 Å². The first-order valence-corrected chi connectivity index (χ1v) is 8.45. The molecule has 0 saturated carbocycles. The van der Waals surface area contributed by atoms with Gasteiger partial charge in [0.1, 0.15) is 5.75 Å². The highest BCUT2D eigenvalue weighted by Gasteiger charge is 2.10. The van der Waals surface area contributed by atoms with E-state index in [-0.39, 0.29) is 5.78 Å². The Labute approximate surface area is 129 Å². The number of ether oxygens (including phenoxy) is 1. The molecular formula is C19H30O2. The first-order valence-electron chi connectivity index (χ1n) is 8.45. The standard InChI is InChI=1S/C19H30O2/c1-3-4-5-6-7-8-9-10-11-15-18(20)17-14-12-13-16-19(17)21-2/h12-14,16H,3-11,15H2,1-2H3. The van der Waals surface area contributed by atoms with Gasteiger partial charge in [0.15, 0.2) is 5.78 Å². The van der Waals surface area contributed by atoms with Gasteiger partial charge < -0.3 is 4.74 Å². The molecule has 2 heteroatoms. The summed E-state index contributed by atoms with van der Waals surface area (Å²) in [5.74, 6) is 0.897. The lowest BCUT2D eigenvalue weighted by Gasteiger charge is -2.07. The van der Waals surface area contributed by atoms with Crippen LogP contribution in [0.2, 0.25) is 0 Å². The number of unbranched alkanes of at least 4 members (excludes halogenated alkanes) is 8. The van der Waals surface area contributed by atoms with E-state index < -0.39 is 0 Å². The monoisotopic (exact) mass is 290 g/mol. The van der Waals surface area contributed by atoms with Crippen LogP contribution in [-0.4, -0.2) is 12.9 Å². The minimum atomic E-state index is 0.204. The Bertz CT molecular complexity index is 398. The Balaban J connectivity index is 2.11. The lowest BCUT2D eigenvalue weighted by molar-refractivity contribution is 0.0976. The van der Waals surface area contributed by atoms with Crippen molar-refractivity contribution in [1.29, 1.82) is 0 Å². The molecule has 0 N–H and O–H groups in total. The van der Waals surface area contributed by atoms with Gasteiger partial charge in [-0.1, -0.05) is 70.4 Å². The van der Waals surface area contributed by atoms with E-state index in [1.54, 1.807) is 7.11 Å². The third-order valence-corrected chi connectivity index (χ3v) is 3.91. The zero-order chi connectivity index (χ0) is 15.3. The van der Waals surface area contributed by atoms with E-state index in [9.17, 15) is 4.79 Å². The first kappa shape index (κ1) is 17.7. The number of carbonyl (C=O) groups excluding carboxylic acids is 1. The van der Waals surface area contributed by atoms with Crippen molar-refractivity contribution in [3.63, 3.8) is 0 Å². The lowest BCUT2D eigenvalue weighted by atomic mass is 10.0. The summed E-state index contributed by atoms with van der Waals surface area (Å²) < 4.78 is 5.24. The number of carbonyl (C=O) groups is 1. The summed E-state index contributed by atoms with van der Waals surface area (Å²) >= 11 is 0. The molecule has 1 aromatic carbocycles. The van der Waals surface area contributed by atoms with Gasteiger partial charge in [0.05, 0.1) is 12.7 Å². The molecule has 0 amide bonds. The predicted molar refractivity (Wildman–Crippen MR) is 89.2 cm³/mol. The van der Waals surface area contributed by atoms with Gasteiger partial charge in [-0.15, -0.1) is 0 Å². The fourth-order valence-corrected chi connectivity index (χ4v) is 2.61. The van der Waals surface area contributed by atoms with Crippen LogP contribution in [0.3, 0.4) is 0 Å². The van der Waals surface area contributed by atoms with Crippen molar-refractivity contribution in [2.75, 3.05) is 7.11 Å². The Kier molecular flexibility index (Phi) is 9.60. The van der Waals surface area contributed by atoms with Crippen molar-refractivity contribution in [3.8, 4) is 5.75 Å². The SMILES string of the molecule is CCCCCCCCCCCC(=O)c1ccccc1OC. The highest BCUT2D eigenvalue weighted by atomic mass is 16.5. The van der Waals surface area contributed by atoms with Gasteiger partial charge in [0.25, 0.3) is 0 Å². The topological polar surface area (TPSA) is 26.3 Å². The molecule has 1 aromatic rings. The molecule has 0 aromatic heterocycles. The Morgan fingerprint density at radius 2 is 1.48 bits per heavy atom. The molecule has 0 saturated heterocycles. The molecule has 2 nitrogen and oxygen atoms in total. The number of Topliss-reactive ketones (excluding diaryl/α,β-unsaturated/α-hetero) is 1. The molecule has 0 fully saturated rings. The quantitative estimate of drug-likeness (QED) is 0.359. The number of benzene rings is 1. The Morgan fingerprint density at radius 1 is 0.905 bits per heavy atom. The van der Waals surface area contributed by atoms with Crippen molar-refractivity contribution >= 4 is 5.78 Å². The molecule has 0 radical (unpaired) electrons. The second-order valence-electron chi connectivity index (χ2n) is 5.70. The zero-order valence-electron chi connectivity index (χ0n) is 13.7. The molecule has 0 spiro atoms. The van der Waals surface area contributed by atoms with Crippen LogP contribution in [0.4, 0.5) is 0 Å². The van der Waals surface area contributed by atoms with Crippen molar-refractivity contribution < 1.29 is 9.53 Å². The van der Waals surface area contributed by atoms with Crippen molar-refractivity contribution in [2.45, 2.75) is 71.1 Å². The first-order chi connectivity index (χ1) is 10.3. The van der Waals surface area contributed by atoms with Crippen LogP contribution in [0.1, 0.15) is 81.5 Å². The normalized spacial score (nSPS) is 10.6. The molecule has 0 atom stereocenters. The molecule has 118 valence electrons. The second-order valence-corrected chi connectivity index (χ2v) is 5.70. The number of hydrogen-bond acceptors (Lipinski definition) is 2. The van der Waals surface area contributed by atoms with Crippen molar-refractivity contribution in [3.05, 3.63) is 29.8 Å². The zero-order valence-corrected chi connectivity index (χ0v) is 13.7. The number of hydrogen-bond donors (Lipinski definition) is 0. The molecule has 0 aliphatic carbocycles. The molecule has 0 aliphatic heterocycles. The molecule has 0 bridgehead atoms. The third-order valence-electron chi connectivity index (χ3n) is 3.91. The van der Waals surface area contributed by atoms with Gasteiger partial charge in [0, 0.05) is 6.42 Å². The minimum absolute atomic E-state index is 0.204. The van der Waals surface area contributed by atoms with Gasteiger partial charge >= 0.3 is 0 Å². The average molecular weight is 290 g/mol. The van der Waals surface area contributed by atoms with Crippen LogP contribution in [-0.2, 0) is 0 Å². The highest BCUT2D eigenvalue weighted by Crippen LogP contribution is 2.20. The summed E-state index contributed by atoms with van der Waals surface area (Å²) in [5.41, 5.74) is 0.722. The van der Waals surface area contributed by atoms with E-state index in [4.69, 9.17) is 4.74 Å². The summed E-state index contributed by atoms with van der Waals surface area (Å²) in [4.78, 5) is 12.2. The van der Waals surface area contributed by atoms with Crippen LogP contribution < -0.4 is 4.74 Å². The second kappa shape index (κ2) is 11.4. The van der Waals surface area contributed by atoms with Crippen LogP contribution in [0.5, 0.6) is 5.75 Å². The Hall–Kier alpha value is -1.31. The van der Waals surface area contributed by atoms with Gasteiger partial charge in [0.2, 0.25) is 0 Å². The third kappa shape index (κ3) is 7.31. The molecule has 1 rings (SSSR count). The van der Waals surface area contributed by atoms with Gasteiger partial charge in [-0.25, -0.2) is 0 Å². The average Bonchev–Trinajstić information content (AvgIpc) is 2.53. The number of ketones is 1. The number of methoxy groups -OCH3 is 1. The number of para-hydroxylation sites is 1. The summed E-state index contributed by atoms with van der Waals surface area (Å²) in [5, 5.41) is 0. The number of rotatable bonds is 12. The summed E-state index contributed by atoms with van der Waals surface area (Å²) in [6, 6.07) is 7.50.